The van der Waals surface area contributed by atoms with Crippen molar-refractivity contribution < 1.29 is 14.2 Å². The molecule has 1 N–H and O–H groups in total. The number of nitrogens with one attached hydrogen (secondary N) is 1. The molecule has 0 unspecified atom stereocenters. The molecule has 4 rings (SSSR count). The third-order valence-electron chi connectivity index (χ3n) is 6.21. The molecule has 0 aromatic heterocycles. The molecule has 1 aliphatic carbocycles. The molecule has 1 aromatic carbocycles. The zero-order chi connectivity index (χ0) is 19.3. The van der Waals surface area contributed by atoms with E-state index in [0.29, 0.717) is 24.2 Å². The molecule has 0 spiro atoms. The highest BCUT2D eigenvalue weighted by molar-refractivity contribution is 5.89. The zero-order valence-electron chi connectivity index (χ0n) is 14.9. The average Bonchev–Trinajstić information content (AvgIpc) is 2.92. The van der Waals surface area contributed by atoms with Crippen molar-refractivity contribution in [2.45, 2.75) is 37.6 Å². The van der Waals surface area contributed by atoms with Crippen LogP contribution in [0.25, 0.3) is 0 Å². The number of hydrogen-bond acceptors (Lipinski definition) is 7. The van der Waals surface area contributed by atoms with Crippen LogP contribution in [0.2, 0.25) is 0 Å². The predicted molar refractivity (Wildman–Crippen MR) is 92.0 cm³/mol. The molecule has 2 aliphatic heterocycles. The Bertz CT molecular complexity index is 926. The number of benzene rings is 1. The first-order chi connectivity index (χ1) is 13.0. The Labute approximate surface area is 157 Å². The van der Waals surface area contributed by atoms with E-state index < -0.39 is 28.6 Å². The highest BCUT2D eigenvalue weighted by atomic mass is 16.7. The van der Waals surface area contributed by atoms with Gasteiger partial charge in [0.2, 0.25) is 17.1 Å². The van der Waals surface area contributed by atoms with E-state index in [2.05, 4.69) is 18.2 Å². The van der Waals surface area contributed by atoms with Crippen LogP contribution >= 0.6 is 0 Å². The van der Waals surface area contributed by atoms with E-state index in [9.17, 15) is 15.8 Å². The van der Waals surface area contributed by atoms with Gasteiger partial charge in [0.25, 0.3) is 0 Å². The van der Waals surface area contributed by atoms with E-state index in [4.69, 9.17) is 19.6 Å². The summed E-state index contributed by atoms with van der Waals surface area (Å²) in [6, 6.07) is 13.2. The van der Waals surface area contributed by atoms with Crippen molar-refractivity contribution in [2.75, 3.05) is 7.11 Å². The van der Waals surface area contributed by atoms with Crippen LogP contribution in [0.15, 0.2) is 24.3 Å². The third kappa shape index (κ3) is 1.89. The lowest BCUT2D eigenvalue weighted by Crippen LogP contribution is -2.60. The molecule has 4 atom stereocenters. The number of methoxy groups -OCH3 is 1. The van der Waals surface area contributed by atoms with Gasteiger partial charge in [-0.2, -0.15) is 15.8 Å². The molecule has 2 saturated heterocycles. The van der Waals surface area contributed by atoms with Crippen molar-refractivity contribution in [3.63, 3.8) is 0 Å². The Balaban J connectivity index is 1.99. The van der Waals surface area contributed by atoms with Crippen molar-refractivity contribution in [2.24, 2.45) is 16.7 Å². The van der Waals surface area contributed by atoms with Crippen LogP contribution < -0.4 is 4.74 Å². The Morgan fingerprint density at radius 3 is 2.63 bits per heavy atom. The van der Waals surface area contributed by atoms with E-state index in [-0.39, 0.29) is 5.90 Å². The maximum atomic E-state index is 10.2. The summed E-state index contributed by atoms with van der Waals surface area (Å²) >= 11 is 0. The minimum Gasteiger partial charge on any atom is -0.497 e. The van der Waals surface area contributed by atoms with Gasteiger partial charge in [0.05, 0.1) is 31.2 Å². The van der Waals surface area contributed by atoms with Crippen LogP contribution in [-0.4, -0.2) is 18.8 Å². The summed E-state index contributed by atoms with van der Waals surface area (Å²) in [5.41, 5.74) is -3.00. The van der Waals surface area contributed by atoms with Crippen molar-refractivity contribution >= 4 is 5.90 Å². The molecule has 1 aromatic rings. The summed E-state index contributed by atoms with van der Waals surface area (Å²) in [6.07, 6.45) is 1.75. The van der Waals surface area contributed by atoms with E-state index >= 15 is 0 Å². The molecule has 1 saturated carbocycles. The fourth-order valence-electron chi connectivity index (χ4n) is 4.97. The number of nitriles is 3. The van der Waals surface area contributed by atoms with Crippen LogP contribution in [-0.2, 0) is 9.47 Å². The smallest absolute Gasteiger partial charge is 0.217 e. The maximum absolute atomic E-state index is 10.2. The second-order valence-corrected chi connectivity index (χ2v) is 7.27. The molecule has 2 heterocycles. The van der Waals surface area contributed by atoms with Gasteiger partial charge in [0, 0.05) is 6.42 Å². The average molecular weight is 362 g/mol. The summed E-state index contributed by atoms with van der Waals surface area (Å²) < 4.78 is 17.4. The topological polar surface area (TPSA) is 123 Å². The highest BCUT2D eigenvalue weighted by Crippen LogP contribution is 2.69. The lowest BCUT2D eigenvalue weighted by Gasteiger charge is -2.51. The molecule has 0 radical (unpaired) electrons. The number of nitrogens with zero attached hydrogens (tertiary/aromatic N) is 3. The molecule has 2 bridgehead atoms. The molecule has 7 heteroatoms. The summed E-state index contributed by atoms with van der Waals surface area (Å²) in [6.45, 7) is 0. The number of ether oxygens (including phenoxy) is 3. The second kappa shape index (κ2) is 5.71. The minimum absolute atomic E-state index is 0.328. The van der Waals surface area contributed by atoms with Crippen LogP contribution in [0.1, 0.15) is 37.4 Å². The highest BCUT2D eigenvalue weighted by Gasteiger charge is 2.80. The van der Waals surface area contributed by atoms with Crippen molar-refractivity contribution in [3.05, 3.63) is 29.8 Å². The fraction of sp³-hybridized carbons (Fsp3) is 0.500. The van der Waals surface area contributed by atoms with Gasteiger partial charge >= 0.3 is 0 Å². The van der Waals surface area contributed by atoms with Gasteiger partial charge in [-0.1, -0.05) is 18.6 Å². The standard InChI is InChI=1S/C20H18N4O3/c1-25-14-6-4-5-13(9-14)16-18(10-21,11-22)19(12-23)15-7-2-3-8-20(15,26-16)27-17(19)24/h4-6,9,15-16,24H,2-3,7-8H2,1H3/t15-,16+,19-,20+/m0/s1. The first kappa shape index (κ1) is 17.3. The zero-order valence-corrected chi connectivity index (χ0v) is 14.9. The minimum atomic E-state index is -1.90. The van der Waals surface area contributed by atoms with E-state index in [1.165, 1.54) is 7.11 Å². The second-order valence-electron chi connectivity index (χ2n) is 7.27. The summed E-state index contributed by atoms with van der Waals surface area (Å²) in [5, 5.41) is 38.9. The Morgan fingerprint density at radius 2 is 1.96 bits per heavy atom. The summed E-state index contributed by atoms with van der Waals surface area (Å²) in [7, 11) is 1.53. The Hall–Kier alpha value is -3.08. The van der Waals surface area contributed by atoms with Gasteiger partial charge in [0.1, 0.15) is 11.9 Å². The number of rotatable bonds is 2. The summed E-state index contributed by atoms with van der Waals surface area (Å²) in [5.74, 6) is -1.43. The monoisotopic (exact) mass is 362 g/mol. The van der Waals surface area contributed by atoms with E-state index in [0.717, 1.165) is 12.8 Å². The SMILES string of the molecule is COc1cccc([C@H]2O[C@@]34CCCC[C@H]3[C@@](C#N)(C(=N)O4)C2(C#N)C#N)c1. The van der Waals surface area contributed by atoms with Crippen molar-refractivity contribution in [1.82, 2.24) is 0 Å². The van der Waals surface area contributed by atoms with E-state index in [1.54, 1.807) is 24.3 Å². The normalized spacial score (nSPS) is 35.7. The van der Waals surface area contributed by atoms with Gasteiger partial charge in [-0.05, 0) is 30.5 Å². The third-order valence-corrected chi connectivity index (χ3v) is 6.21. The van der Waals surface area contributed by atoms with Crippen molar-refractivity contribution in [3.8, 4) is 24.0 Å². The molecule has 7 nitrogen and oxygen atoms in total. The van der Waals surface area contributed by atoms with Gasteiger partial charge in [0.15, 0.2) is 5.41 Å². The first-order valence-corrected chi connectivity index (χ1v) is 8.87. The van der Waals surface area contributed by atoms with Gasteiger partial charge in [-0.3, -0.25) is 5.41 Å². The molecule has 3 aliphatic rings. The quantitative estimate of drug-likeness (QED) is 0.861. The Morgan fingerprint density at radius 1 is 1.19 bits per heavy atom. The maximum Gasteiger partial charge on any atom is 0.217 e. The fourth-order valence-corrected chi connectivity index (χ4v) is 4.97. The molecule has 0 amide bonds. The molecule has 3 fully saturated rings. The lowest BCUT2D eigenvalue weighted by molar-refractivity contribution is -0.294. The van der Waals surface area contributed by atoms with Crippen LogP contribution in [0, 0.1) is 56.2 Å². The molecule has 136 valence electrons. The van der Waals surface area contributed by atoms with Crippen LogP contribution in [0.5, 0.6) is 5.75 Å². The van der Waals surface area contributed by atoms with Gasteiger partial charge < -0.3 is 14.2 Å². The van der Waals surface area contributed by atoms with Crippen LogP contribution in [0.3, 0.4) is 0 Å². The Kier molecular flexibility index (Phi) is 3.67. The molecule has 27 heavy (non-hydrogen) atoms. The van der Waals surface area contributed by atoms with Crippen LogP contribution in [0.4, 0.5) is 0 Å². The number of hydrogen-bond donors (Lipinski definition) is 1. The van der Waals surface area contributed by atoms with Gasteiger partial charge in [-0.25, -0.2) is 0 Å². The lowest BCUT2D eigenvalue weighted by atomic mass is 9.51. The summed E-state index contributed by atoms with van der Waals surface area (Å²) in [4.78, 5) is 0. The van der Waals surface area contributed by atoms with Crippen molar-refractivity contribution in [1.29, 1.82) is 21.2 Å². The largest absolute Gasteiger partial charge is 0.497 e. The first-order valence-electron chi connectivity index (χ1n) is 8.87. The van der Waals surface area contributed by atoms with Gasteiger partial charge in [-0.15, -0.1) is 0 Å². The molecular weight excluding hydrogens is 344 g/mol. The van der Waals surface area contributed by atoms with E-state index in [1.807, 2.05) is 0 Å². The molecular formula is C20H18N4O3. The predicted octanol–water partition coefficient (Wildman–Crippen LogP) is 3.20.